The molecule has 0 spiro atoms. The number of benzene rings is 1. The normalized spacial score (nSPS) is 12.3. The smallest absolute Gasteiger partial charge is 0.312 e. The van der Waals surface area contributed by atoms with Crippen LogP contribution in [0.5, 0.6) is 0 Å². The van der Waals surface area contributed by atoms with Crippen LogP contribution < -0.4 is 16.4 Å². The minimum atomic E-state index is -0.757. The number of H-pyrrole nitrogens is 1. The van der Waals surface area contributed by atoms with Crippen molar-refractivity contribution in [2.45, 2.75) is 18.1 Å². The molecule has 0 fully saturated rings. The average Bonchev–Trinajstić information content (AvgIpc) is 2.46. The molecule has 0 aliphatic carbocycles. The Kier molecular flexibility index (Phi) is 4.98. The zero-order valence-corrected chi connectivity index (χ0v) is 13.0. The van der Waals surface area contributed by atoms with Gasteiger partial charge in [0.2, 0.25) is 0 Å². The molecule has 0 amide bonds. The number of aromatic amines is 1. The van der Waals surface area contributed by atoms with Crippen LogP contribution in [0.4, 0.5) is 0 Å². The van der Waals surface area contributed by atoms with Gasteiger partial charge >= 0.3 is 11.1 Å². The van der Waals surface area contributed by atoms with Crippen molar-refractivity contribution in [2.24, 2.45) is 7.05 Å². The summed E-state index contributed by atoms with van der Waals surface area (Å²) in [6.45, 7) is 2.07. The Hall–Kier alpha value is -1.86. The Balaban J connectivity index is 2.18. The van der Waals surface area contributed by atoms with Gasteiger partial charge in [0.1, 0.15) is 0 Å². The molecule has 0 saturated heterocycles. The molecule has 112 valence electrons. The third-order valence-corrected chi connectivity index (χ3v) is 4.36. The summed E-state index contributed by atoms with van der Waals surface area (Å²) >= 11 is 1.43. The van der Waals surface area contributed by atoms with E-state index in [2.05, 4.69) is 34.5 Å². The van der Waals surface area contributed by atoms with Crippen molar-refractivity contribution in [2.75, 3.05) is 12.8 Å². The van der Waals surface area contributed by atoms with Crippen molar-refractivity contribution in [3.8, 4) is 0 Å². The molecule has 0 saturated carbocycles. The predicted molar refractivity (Wildman–Crippen MR) is 83.8 cm³/mol. The minimum Gasteiger partial charge on any atom is -0.312 e. The molecule has 2 N–H and O–H groups in total. The first-order valence-electron chi connectivity index (χ1n) is 6.56. The van der Waals surface area contributed by atoms with Gasteiger partial charge in [-0.2, -0.15) is 4.98 Å². The molecule has 21 heavy (non-hydrogen) atoms. The highest BCUT2D eigenvalue weighted by Crippen LogP contribution is 2.24. The topological polar surface area (TPSA) is 79.8 Å². The molecule has 6 nitrogen and oxygen atoms in total. The van der Waals surface area contributed by atoms with Crippen molar-refractivity contribution >= 4 is 11.8 Å². The Bertz CT molecular complexity index is 738. The number of rotatable bonds is 5. The van der Waals surface area contributed by atoms with Gasteiger partial charge in [-0.1, -0.05) is 36.0 Å². The Morgan fingerprint density at radius 2 is 2.10 bits per heavy atom. The van der Waals surface area contributed by atoms with Crippen LogP contribution in [-0.2, 0) is 7.05 Å². The lowest BCUT2D eigenvalue weighted by molar-refractivity contribution is 0.593. The van der Waals surface area contributed by atoms with E-state index in [0.717, 1.165) is 0 Å². The summed E-state index contributed by atoms with van der Waals surface area (Å²) in [6, 6.07) is 8.30. The molecule has 1 atom stereocenters. The van der Waals surface area contributed by atoms with Crippen molar-refractivity contribution in [3.05, 3.63) is 56.1 Å². The summed E-state index contributed by atoms with van der Waals surface area (Å²) in [4.78, 5) is 26.3. The van der Waals surface area contributed by atoms with E-state index < -0.39 is 11.1 Å². The fraction of sp³-hybridized carbons (Fsp3) is 0.357. The molecule has 1 heterocycles. The van der Waals surface area contributed by atoms with Gasteiger partial charge in [-0.25, -0.2) is 0 Å². The standard InChI is InChI=1S/C14H18N4O2S/c1-9-6-4-5-7-10(9)11(15-2)8-21-14-16-12(19)13(20)17-18(14)3/h4-7,11,15H,8H2,1-3H3,(H,17,20). The van der Waals surface area contributed by atoms with Gasteiger partial charge in [0.05, 0.1) is 0 Å². The van der Waals surface area contributed by atoms with E-state index in [1.807, 2.05) is 19.2 Å². The molecule has 1 aromatic heterocycles. The summed E-state index contributed by atoms with van der Waals surface area (Å²) in [5.41, 5.74) is 0.959. The van der Waals surface area contributed by atoms with Gasteiger partial charge in [-0.3, -0.25) is 19.4 Å². The first-order valence-corrected chi connectivity index (χ1v) is 7.54. The summed E-state index contributed by atoms with van der Waals surface area (Å²) in [7, 11) is 3.56. The van der Waals surface area contributed by atoms with Gasteiger partial charge in [0.15, 0.2) is 5.16 Å². The monoisotopic (exact) mass is 306 g/mol. The van der Waals surface area contributed by atoms with E-state index in [0.29, 0.717) is 10.9 Å². The van der Waals surface area contributed by atoms with Crippen molar-refractivity contribution in [1.82, 2.24) is 20.1 Å². The lowest BCUT2D eigenvalue weighted by Gasteiger charge is -2.18. The van der Waals surface area contributed by atoms with Gasteiger partial charge in [-0.05, 0) is 25.1 Å². The second kappa shape index (κ2) is 6.73. The molecule has 1 unspecified atom stereocenters. The highest BCUT2D eigenvalue weighted by molar-refractivity contribution is 7.99. The quantitative estimate of drug-likeness (QED) is 0.632. The van der Waals surface area contributed by atoms with Crippen LogP contribution in [-0.4, -0.2) is 27.6 Å². The SMILES string of the molecule is CNC(CSc1nc(=O)c(=O)[nH]n1C)c1ccccc1C. The highest BCUT2D eigenvalue weighted by Gasteiger charge is 2.13. The van der Waals surface area contributed by atoms with Crippen LogP contribution in [0, 0.1) is 6.92 Å². The lowest BCUT2D eigenvalue weighted by Crippen LogP contribution is -2.34. The Morgan fingerprint density at radius 3 is 2.76 bits per heavy atom. The van der Waals surface area contributed by atoms with Gasteiger partial charge in [-0.15, -0.1) is 0 Å². The summed E-state index contributed by atoms with van der Waals surface area (Å²) < 4.78 is 1.47. The number of hydrogen-bond acceptors (Lipinski definition) is 5. The Labute approximate surface area is 126 Å². The van der Waals surface area contributed by atoms with Gasteiger partial charge in [0.25, 0.3) is 0 Å². The summed E-state index contributed by atoms with van der Waals surface area (Å²) in [6.07, 6.45) is 0. The number of hydrogen-bond donors (Lipinski definition) is 2. The van der Waals surface area contributed by atoms with E-state index >= 15 is 0 Å². The predicted octanol–water partition coefficient (Wildman–Crippen LogP) is 0.830. The van der Waals surface area contributed by atoms with Crippen LogP contribution in [0.2, 0.25) is 0 Å². The summed E-state index contributed by atoms with van der Waals surface area (Å²) in [5, 5.41) is 6.21. The highest BCUT2D eigenvalue weighted by atomic mass is 32.2. The fourth-order valence-electron chi connectivity index (χ4n) is 2.05. The molecule has 2 aromatic rings. The van der Waals surface area contributed by atoms with E-state index in [1.54, 1.807) is 7.05 Å². The molecule has 0 bridgehead atoms. The van der Waals surface area contributed by atoms with E-state index in [4.69, 9.17) is 0 Å². The van der Waals surface area contributed by atoms with Crippen LogP contribution in [0.25, 0.3) is 0 Å². The van der Waals surface area contributed by atoms with E-state index in [-0.39, 0.29) is 6.04 Å². The van der Waals surface area contributed by atoms with Gasteiger partial charge in [0, 0.05) is 18.8 Å². The zero-order chi connectivity index (χ0) is 15.4. The maximum absolute atomic E-state index is 11.3. The molecule has 1 aromatic carbocycles. The molecular formula is C14H18N4O2S. The third-order valence-electron chi connectivity index (χ3n) is 3.24. The fourth-order valence-corrected chi connectivity index (χ4v) is 3.10. The van der Waals surface area contributed by atoms with Crippen LogP contribution in [0.1, 0.15) is 17.2 Å². The van der Waals surface area contributed by atoms with E-state index in [1.165, 1.54) is 27.6 Å². The molecule has 7 heteroatoms. The number of nitrogens with zero attached hydrogens (tertiary/aromatic N) is 2. The number of aromatic nitrogens is 3. The molecule has 2 rings (SSSR count). The van der Waals surface area contributed by atoms with E-state index in [9.17, 15) is 9.59 Å². The maximum atomic E-state index is 11.3. The van der Waals surface area contributed by atoms with Crippen molar-refractivity contribution in [3.63, 3.8) is 0 Å². The molecular weight excluding hydrogens is 288 g/mol. The lowest BCUT2D eigenvalue weighted by atomic mass is 10.0. The van der Waals surface area contributed by atoms with Crippen LogP contribution in [0.3, 0.4) is 0 Å². The number of nitrogens with one attached hydrogen (secondary N) is 2. The van der Waals surface area contributed by atoms with Crippen molar-refractivity contribution in [1.29, 1.82) is 0 Å². The average molecular weight is 306 g/mol. The van der Waals surface area contributed by atoms with Gasteiger partial charge < -0.3 is 5.32 Å². The first-order chi connectivity index (χ1) is 10.0. The minimum absolute atomic E-state index is 0.139. The largest absolute Gasteiger partial charge is 0.339 e. The maximum Gasteiger partial charge on any atom is 0.339 e. The zero-order valence-electron chi connectivity index (χ0n) is 12.2. The Morgan fingerprint density at radius 1 is 1.38 bits per heavy atom. The third kappa shape index (κ3) is 3.62. The van der Waals surface area contributed by atoms with Crippen molar-refractivity contribution < 1.29 is 0 Å². The number of aryl methyl sites for hydroxylation is 2. The molecule has 0 radical (unpaired) electrons. The number of thioether (sulfide) groups is 1. The van der Waals surface area contributed by atoms with Crippen LogP contribution in [0.15, 0.2) is 39.0 Å². The second-order valence-electron chi connectivity index (χ2n) is 4.71. The molecule has 0 aliphatic heterocycles. The summed E-state index contributed by atoms with van der Waals surface area (Å²) in [5.74, 6) is 0.702. The van der Waals surface area contributed by atoms with Crippen LogP contribution >= 0.6 is 11.8 Å². The first kappa shape index (κ1) is 15.5. The second-order valence-corrected chi connectivity index (χ2v) is 5.70. The molecule has 0 aliphatic rings.